The van der Waals surface area contributed by atoms with E-state index in [0.717, 1.165) is 55.1 Å². The van der Waals surface area contributed by atoms with Gasteiger partial charge in [0.05, 0.1) is 0 Å². The summed E-state index contributed by atoms with van der Waals surface area (Å²) < 4.78 is 47.6. The van der Waals surface area contributed by atoms with Gasteiger partial charge in [-0.2, -0.15) is 13.2 Å². The van der Waals surface area contributed by atoms with Gasteiger partial charge in [0.15, 0.2) is 5.76 Å². The van der Waals surface area contributed by atoms with Crippen LogP contribution in [-0.4, -0.2) is 17.6 Å². The molecule has 1 heterocycles. The van der Waals surface area contributed by atoms with Crippen LogP contribution >= 0.6 is 0 Å². The second-order valence-corrected chi connectivity index (χ2v) is 8.87. The molecule has 5 rings (SSSR count). The molecule has 0 saturated heterocycles. The Morgan fingerprint density at radius 1 is 1.10 bits per heavy atom. The number of hydrogen-bond donors (Lipinski definition) is 0. The van der Waals surface area contributed by atoms with Gasteiger partial charge in [-0.1, -0.05) is 42.6 Å². The van der Waals surface area contributed by atoms with Gasteiger partial charge in [-0.15, -0.1) is 0 Å². The van der Waals surface area contributed by atoms with Gasteiger partial charge in [-0.3, -0.25) is 4.79 Å². The zero-order valence-corrected chi connectivity index (χ0v) is 17.2. The number of aldehydes is 1. The molecule has 0 bridgehead atoms. The quantitative estimate of drug-likeness (QED) is 0.511. The van der Waals surface area contributed by atoms with Crippen LogP contribution < -0.4 is 0 Å². The standard InChI is InChI=1S/C25H24F3NO2/c26-25(27,28)22-13-18(8-10-19(22)16-4-2-1-3-5-16)24-21-11-7-17-12-15(14-30)6-9-20(17)23(21)29-31-24/h6,8-9,12-14,16,19H,1-5,7,10-11H2. The Morgan fingerprint density at radius 3 is 2.65 bits per heavy atom. The first-order chi connectivity index (χ1) is 15.0. The average molecular weight is 427 g/mol. The van der Waals surface area contributed by atoms with E-state index >= 15 is 0 Å². The summed E-state index contributed by atoms with van der Waals surface area (Å²) in [5.41, 5.74) is 4.09. The first-order valence-electron chi connectivity index (χ1n) is 11.0. The fraction of sp³-hybridized carbons (Fsp3) is 0.440. The Morgan fingerprint density at radius 2 is 1.90 bits per heavy atom. The van der Waals surface area contributed by atoms with E-state index in [0.29, 0.717) is 41.9 Å². The maximum atomic E-state index is 14.0. The van der Waals surface area contributed by atoms with E-state index in [2.05, 4.69) is 5.16 Å². The first kappa shape index (κ1) is 20.3. The van der Waals surface area contributed by atoms with Gasteiger partial charge < -0.3 is 4.52 Å². The molecule has 6 heteroatoms. The highest BCUT2D eigenvalue weighted by molar-refractivity contribution is 5.83. The largest absolute Gasteiger partial charge is 0.413 e. The Hall–Kier alpha value is -2.63. The van der Waals surface area contributed by atoms with Crippen molar-refractivity contribution in [1.29, 1.82) is 0 Å². The topological polar surface area (TPSA) is 43.1 Å². The van der Waals surface area contributed by atoms with Gasteiger partial charge in [0, 0.05) is 27.8 Å². The number of hydrogen-bond acceptors (Lipinski definition) is 3. The van der Waals surface area contributed by atoms with Gasteiger partial charge >= 0.3 is 6.18 Å². The molecule has 3 aliphatic carbocycles. The molecule has 1 aromatic carbocycles. The molecule has 3 aliphatic rings. The van der Waals surface area contributed by atoms with Crippen LogP contribution in [0.2, 0.25) is 0 Å². The minimum absolute atomic E-state index is 0.0990. The molecule has 1 saturated carbocycles. The predicted octanol–water partition coefficient (Wildman–Crippen LogP) is 6.73. The van der Waals surface area contributed by atoms with Crippen LogP contribution in [0.5, 0.6) is 0 Å². The number of nitrogens with zero attached hydrogens (tertiary/aromatic N) is 1. The lowest BCUT2D eigenvalue weighted by Gasteiger charge is -2.34. The van der Waals surface area contributed by atoms with Crippen LogP contribution in [0.3, 0.4) is 0 Å². The summed E-state index contributed by atoms with van der Waals surface area (Å²) in [5, 5.41) is 4.21. The minimum atomic E-state index is -4.35. The second kappa shape index (κ2) is 7.81. The molecule has 1 aromatic heterocycles. The number of alkyl halides is 3. The number of aromatic nitrogens is 1. The number of carbonyl (C=O) groups excluding carboxylic acids is 1. The molecular weight excluding hydrogens is 403 g/mol. The summed E-state index contributed by atoms with van der Waals surface area (Å²) in [6, 6.07) is 5.41. The minimum Gasteiger partial charge on any atom is -0.355 e. The fourth-order valence-electron chi connectivity index (χ4n) is 5.51. The summed E-state index contributed by atoms with van der Waals surface area (Å²) in [4.78, 5) is 11.1. The zero-order chi connectivity index (χ0) is 21.6. The van der Waals surface area contributed by atoms with Crippen molar-refractivity contribution in [2.24, 2.45) is 11.8 Å². The predicted molar refractivity (Wildman–Crippen MR) is 112 cm³/mol. The normalized spacial score (nSPS) is 21.7. The molecule has 2 aromatic rings. The average Bonchev–Trinajstić information content (AvgIpc) is 3.23. The smallest absolute Gasteiger partial charge is 0.355 e. The van der Waals surface area contributed by atoms with Crippen molar-refractivity contribution in [3.63, 3.8) is 0 Å². The van der Waals surface area contributed by atoms with Gasteiger partial charge in [0.25, 0.3) is 0 Å². The number of carbonyl (C=O) groups is 1. The lowest BCUT2D eigenvalue weighted by atomic mass is 9.72. The summed E-state index contributed by atoms with van der Waals surface area (Å²) in [6.45, 7) is 0. The Balaban J connectivity index is 1.50. The SMILES string of the molecule is O=Cc1ccc2c(c1)CCc1c-2noc1C1=CCC(C2CCCCC2)C(C(F)(F)F)=C1. The van der Waals surface area contributed by atoms with Crippen molar-refractivity contribution in [2.45, 2.75) is 57.5 Å². The van der Waals surface area contributed by atoms with Crippen LogP contribution in [0.4, 0.5) is 13.2 Å². The second-order valence-electron chi connectivity index (χ2n) is 8.87. The highest BCUT2D eigenvalue weighted by Gasteiger charge is 2.43. The molecule has 0 N–H and O–H groups in total. The van der Waals surface area contributed by atoms with E-state index in [1.54, 1.807) is 6.07 Å². The van der Waals surface area contributed by atoms with E-state index in [-0.39, 0.29) is 5.92 Å². The summed E-state index contributed by atoms with van der Waals surface area (Å²) >= 11 is 0. The van der Waals surface area contributed by atoms with E-state index < -0.39 is 17.7 Å². The maximum absolute atomic E-state index is 14.0. The highest BCUT2D eigenvalue weighted by atomic mass is 19.4. The molecule has 1 unspecified atom stereocenters. The van der Waals surface area contributed by atoms with Crippen molar-refractivity contribution < 1.29 is 22.5 Å². The maximum Gasteiger partial charge on any atom is 0.413 e. The van der Waals surface area contributed by atoms with Crippen molar-refractivity contribution >= 4 is 11.9 Å². The monoisotopic (exact) mass is 427 g/mol. The van der Waals surface area contributed by atoms with Crippen LogP contribution in [0.15, 0.2) is 40.4 Å². The van der Waals surface area contributed by atoms with Crippen molar-refractivity contribution in [3.8, 4) is 11.3 Å². The Kier molecular flexibility index (Phi) is 5.11. The first-order valence-corrected chi connectivity index (χ1v) is 11.0. The van der Waals surface area contributed by atoms with Gasteiger partial charge in [0.1, 0.15) is 12.0 Å². The van der Waals surface area contributed by atoms with Crippen LogP contribution in [-0.2, 0) is 12.8 Å². The van der Waals surface area contributed by atoms with Gasteiger partial charge in [-0.05, 0) is 61.6 Å². The third-order valence-electron chi connectivity index (χ3n) is 7.06. The number of benzene rings is 1. The molecule has 3 nitrogen and oxygen atoms in total. The van der Waals surface area contributed by atoms with Crippen LogP contribution in [0.25, 0.3) is 16.8 Å². The molecule has 0 amide bonds. The lowest BCUT2D eigenvalue weighted by molar-refractivity contribution is -0.102. The third-order valence-corrected chi connectivity index (χ3v) is 7.06. The Labute approximate surface area is 179 Å². The van der Waals surface area contributed by atoms with Gasteiger partial charge in [-0.25, -0.2) is 0 Å². The number of aryl methyl sites for hydroxylation is 1. The summed E-state index contributed by atoms with van der Waals surface area (Å²) in [5.74, 6) is 0.0798. The molecule has 31 heavy (non-hydrogen) atoms. The van der Waals surface area contributed by atoms with Crippen molar-refractivity contribution in [2.75, 3.05) is 0 Å². The molecule has 0 radical (unpaired) electrons. The molecule has 1 atom stereocenters. The van der Waals surface area contributed by atoms with E-state index in [9.17, 15) is 18.0 Å². The molecular formula is C25H24F3NO2. The Bertz CT molecular complexity index is 1070. The molecule has 1 fully saturated rings. The highest BCUT2D eigenvalue weighted by Crippen LogP contribution is 2.47. The van der Waals surface area contributed by atoms with Gasteiger partial charge in [0.2, 0.25) is 0 Å². The van der Waals surface area contributed by atoms with E-state index in [1.807, 2.05) is 18.2 Å². The number of fused-ring (bicyclic) bond motifs is 3. The molecule has 0 spiro atoms. The number of halogens is 3. The van der Waals surface area contributed by atoms with Crippen molar-refractivity contribution in [1.82, 2.24) is 5.16 Å². The number of allylic oxidation sites excluding steroid dienone is 4. The third kappa shape index (κ3) is 3.66. The van der Waals surface area contributed by atoms with E-state index in [1.165, 1.54) is 6.08 Å². The van der Waals surface area contributed by atoms with Crippen molar-refractivity contribution in [3.05, 3.63) is 58.4 Å². The number of rotatable bonds is 3. The van der Waals surface area contributed by atoms with Crippen LogP contribution in [0.1, 0.15) is 65.8 Å². The molecule has 162 valence electrons. The summed E-state index contributed by atoms with van der Waals surface area (Å²) in [7, 11) is 0. The fourth-order valence-corrected chi connectivity index (χ4v) is 5.51. The lowest BCUT2D eigenvalue weighted by Crippen LogP contribution is -2.29. The van der Waals surface area contributed by atoms with E-state index in [4.69, 9.17) is 4.52 Å². The summed E-state index contributed by atoms with van der Waals surface area (Å²) in [6.07, 6.45) is 6.28. The molecule has 0 aliphatic heterocycles. The zero-order valence-electron chi connectivity index (χ0n) is 17.2. The van der Waals surface area contributed by atoms with Crippen LogP contribution in [0, 0.1) is 11.8 Å².